The zero-order valence-electron chi connectivity index (χ0n) is 71.0. The minimum atomic E-state index is -1.05. The number of hydrogen-bond acceptors (Lipinski definition) is 36. The highest BCUT2D eigenvalue weighted by Crippen LogP contribution is 2.33. The number of nitrogens with two attached hydrogens (primary N) is 2. The van der Waals surface area contributed by atoms with Crippen LogP contribution in [0.4, 0.5) is 0 Å². The number of phenols is 2. The molecule has 0 aliphatic rings. The van der Waals surface area contributed by atoms with E-state index < -0.39 is 29.8 Å². The first-order valence-electron chi connectivity index (χ1n) is 37.4. The van der Waals surface area contributed by atoms with Gasteiger partial charge in [0.15, 0.2) is 86.3 Å². The maximum absolute atomic E-state index is 12.0. The van der Waals surface area contributed by atoms with Crippen LogP contribution in [0.3, 0.4) is 0 Å². The normalized spacial score (nSPS) is 9.59. The molecule has 0 saturated heterocycles. The first-order chi connectivity index (χ1) is 59.5. The van der Waals surface area contributed by atoms with Gasteiger partial charge in [-0.1, -0.05) is 18.2 Å². The Bertz CT molecular complexity index is 4480. The predicted octanol–water partition coefficient (Wildman–Crippen LogP) is 7.49. The fourth-order valence-corrected chi connectivity index (χ4v) is 9.93. The minimum absolute atomic E-state index is 0.000508. The third-order valence-electron chi connectivity index (χ3n) is 14.6. The lowest BCUT2D eigenvalue weighted by atomic mass is 10.1. The molecule has 16 N–H and O–H groups in total. The summed E-state index contributed by atoms with van der Waals surface area (Å²) in [5, 5.41) is 95.6. The number of rotatable bonds is 37. The molecule has 0 aliphatic carbocycles. The summed E-state index contributed by atoms with van der Waals surface area (Å²) in [5.74, 6) is 4.41. The van der Waals surface area contributed by atoms with E-state index in [-0.39, 0.29) is 162 Å². The number of nitrogens with one attached hydrogen (secondary N) is 1. The van der Waals surface area contributed by atoms with E-state index in [4.69, 9.17) is 124 Å². The van der Waals surface area contributed by atoms with Crippen LogP contribution in [0, 0.1) is 0 Å². The summed E-state index contributed by atoms with van der Waals surface area (Å²) in [6.45, 7) is 9.83. The molecule has 0 aliphatic heterocycles. The van der Waals surface area contributed by atoms with Gasteiger partial charge in [-0.05, 0) is 150 Å². The number of aliphatic hydroxyl groups is 7. The molecule has 0 fully saturated rings. The van der Waals surface area contributed by atoms with Crippen LogP contribution >= 0.6 is 11.3 Å². The standard InChI is InChI=1S/C15H20O6.C13H18N2O5.C12H16O5.C10H12O5.C10H12O4.C10H8OS.C8H8O4.C4H9NO2.C2H6O2.CH4O/c1-3-20-15(18)7-5-12(17)11-4-6-13(21-9-8-16)14(10-11)19-2;1-19-12-8-9(2-4-11(12)20-7-6-16)10(17)3-5-13(18)15-14;1-3-16-12(14)9-4-5-10(17-7-6-13)11(8-9)15-2;1-14-9-6-7(10(12)13)2-3-8(9)15-5-4-11;1-3-14-10(12)7-4-5-8(11)9(6-7)13-2;1-7(11)9-6-12-10-5-3-2-4-8(9)10;1-12-7-4-5(8(10)11)2-3-6(7)9;1-2-7-4(6)3-5;3-1-2-4;1-2/h4,6,10,16H,3,5,7-9H2,1-2H3;2,4,8,16H,3,5-7,14H2,1H3,(H,15,18);4-5,8,13H,3,6-7H2,1-2H3;2-3,6,11H,4-5H2,1H3,(H,12,13);4-6,11H,3H2,1-2H3;2-6H,1H3;2-4,9H,1H3,(H,10,11);2-3,5H2,1H3;3-4H,1-2H2;2H,1H3. The van der Waals surface area contributed by atoms with Crippen molar-refractivity contribution in [3.63, 3.8) is 0 Å². The quantitative estimate of drug-likeness (QED) is 0.00448. The molecular weight excluding hydrogens is 1650 g/mol. The summed E-state index contributed by atoms with van der Waals surface area (Å²) < 4.78 is 70.9. The number of carbonyl (C=O) groups is 10. The number of fused-ring (bicyclic) bond motifs is 1. The van der Waals surface area contributed by atoms with Gasteiger partial charge < -0.3 is 128 Å². The van der Waals surface area contributed by atoms with E-state index in [1.807, 2.05) is 35.1 Å². The molecular formula is C85H113N3O35S. The highest BCUT2D eigenvalue weighted by atomic mass is 32.1. The van der Waals surface area contributed by atoms with E-state index in [2.05, 4.69) is 4.74 Å². The number of carbonyl (C=O) groups excluding carboxylic acids is 8. The molecule has 0 radical (unpaired) electrons. The van der Waals surface area contributed by atoms with Crippen molar-refractivity contribution < 1.29 is 170 Å². The first kappa shape index (κ1) is 113. The summed E-state index contributed by atoms with van der Waals surface area (Å²) in [4.78, 5) is 111. The van der Waals surface area contributed by atoms with Gasteiger partial charge in [-0.25, -0.2) is 25.0 Å². The van der Waals surface area contributed by atoms with Crippen LogP contribution in [0.5, 0.6) is 69.0 Å². The number of thiophene rings is 1. The van der Waals surface area contributed by atoms with Crippen LogP contribution in [0.25, 0.3) is 10.1 Å². The third kappa shape index (κ3) is 45.1. The summed E-state index contributed by atoms with van der Waals surface area (Å²) in [5.41, 5.74) is 9.53. The van der Waals surface area contributed by atoms with Gasteiger partial charge in [0.25, 0.3) is 0 Å². The van der Waals surface area contributed by atoms with Crippen molar-refractivity contribution in [3.05, 3.63) is 178 Å². The third-order valence-corrected chi connectivity index (χ3v) is 15.6. The van der Waals surface area contributed by atoms with Gasteiger partial charge in [0.2, 0.25) is 5.91 Å². The van der Waals surface area contributed by atoms with Crippen molar-refractivity contribution in [1.82, 2.24) is 5.43 Å². The number of ether oxygens (including phenoxy) is 14. The molecule has 1 amide bonds. The Balaban J connectivity index is 0. The van der Waals surface area contributed by atoms with Crippen molar-refractivity contribution >= 4 is 80.5 Å². The second-order valence-corrected chi connectivity index (χ2v) is 23.9. The second kappa shape index (κ2) is 68.7. The second-order valence-electron chi connectivity index (χ2n) is 23.0. The number of ketones is 3. The molecule has 1 aromatic heterocycles. The Morgan fingerprint density at radius 3 is 1.02 bits per heavy atom. The van der Waals surface area contributed by atoms with Gasteiger partial charge in [-0.3, -0.25) is 34.2 Å². The van der Waals surface area contributed by atoms with E-state index in [0.717, 1.165) is 18.1 Å². The van der Waals surface area contributed by atoms with Crippen molar-refractivity contribution in [2.24, 2.45) is 11.6 Å². The maximum atomic E-state index is 12.0. The number of hydrazine groups is 1. The lowest BCUT2D eigenvalue weighted by Crippen LogP contribution is -2.30. The van der Waals surface area contributed by atoms with Crippen LogP contribution < -0.4 is 64.4 Å². The van der Waals surface area contributed by atoms with Crippen molar-refractivity contribution in [2.45, 2.75) is 60.3 Å². The number of benzene rings is 7. The number of Topliss-reactive ketones (excluding diaryl/α,β-unsaturated/α-hetero) is 3. The van der Waals surface area contributed by atoms with Gasteiger partial charge in [0, 0.05) is 58.5 Å². The van der Waals surface area contributed by atoms with Gasteiger partial charge >= 0.3 is 35.8 Å². The fraction of sp³-hybridized carbons (Fsp3) is 0.365. The Hall–Kier alpha value is -13.0. The van der Waals surface area contributed by atoms with Crippen molar-refractivity contribution in [3.8, 4) is 69.0 Å². The molecule has 38 nitrogen and oxygen atoms in total. The van der Waals surface area contributed by atoms with E-state index >= 15 is 0 Å². The highest BCUT2D eigenvalue weighted by molar-refractivity contribution is 7.17. The molecule has 0 atom stereocenters. The molecule has 0 spiro atoms. The summed E-state index contributed by atoms with van der Waals surface area (Å²) in [6, 6.07) is 34.6. The zero-order chi connectivity index (χ0) is 93.9. The summed E-state index contributed by atoms with van der Waals surface area (Å²) in [6.07, 6.45) is 0.222. The van der Waals surface area contributed by atoms with Crippen molar-refractivity contribution in [2.75, 3.05) is 149 Å². The maximum Gasteiger partial charge on any atom is 0.338 e. The average molecular weight is 1770 g/mol. The monoisotopic (exact) mass is 1770 g/mol. The van der Waals surface area contributed by atoms with E-state index in [0.29, 0.717) is 94.7 Å². The summed E-state index contributed by atoms with van der Waals surface area (Å²) in [7, 11) is 9.61. The van der Waals surface area contributed by atoms with Gasteiger partial charge in [0.1, 0.15) is 26.4 Å². The number of hydrogen-bond donors (Lipinski definition) is 14. The van der Waals surface area contributed by atoms with E-state index in [9.17, 15) is 53.1 Å². The Morgan fingerprint density at radius 2 is 0.694 bits per heavy atom. The topological polar surface area (TPSA) is 587 Å². The largest absolute Gasteiger partial charge is 0.504 e. The number of carboxylic acids is 2. The first-order valence-corrected chi connectivity index (χ1v) is 38.3. The molecule has 124 heavy (non-hydrogen) atoms. The average Bonchev–Trinajstić information content (AvgIpc) is 1.68. The SMILES string of the molecule is CC(=O)c1csc2ccccc12.CCOC(=O)CCC(=O)c1ccc(OCCO)c(OC)c1.CCOC(=O)CN.CCOC(=O)c1ccc(O)c(OC)c1.CCOC(=O)c1ccc(OCCO)c(OC)c1.CO.COc1cc(C(=O)CCC(=O)NN)ccc1OCCO.COc1cc(C(=O)O)ccc1O.COc1cc(C(=O)O)ccc1OCCO.OCCO. The molecule has 8 rings (SSSR count). The Kier molecular flexibility index (Phi) is 62.6. The number of aromatic hydroxyl groups is 2. The Morgan fingerprint density at radius 1 is 0.379 bits per heavy atom. The molecule has 39 heteroatoms. The van der Waals surface area contributed by atoms with E-state index in [1.165, 1.54) is 108 Å². The molecule has 1 heterocycles. The number of amides is 1. The van der Waals surface area contributed by atoms with Gasteiger partial charge in [-0.2, -0.15) is 0 Å². The molecule has 0 saturated carbocycles. The molecule has 7 aromatic carbocycles. The van der Waals surface area contributed by atoms with Gasteiger partial charge in [-0.15, -0.1) is 11.3 Å². The summed E-state index contributed by atoms with van der Waals surface area (Å²) >= 11 is 1.62. The molecule has 684 valence electrons. The smallest absolute Gasteiger partial charge is 0.338 e. The van der Waals surface area contributed by atoms with Crippen LogP contribution in [0.2, 0.25) is 0 Å². The predicted molar refractivity (Wildman–Crippen MR) is 453 cm³/mol. The molecule has 8 aromatic rings. The number of aliphatic hydroxyl groups excluding tert-OH is 7. The lowest BCUT2D eigenvalue weighted by Gasteiger charge is -2.11. The molecule has 0 bridgehead atoms. The number of methoxy groups -OCH3 is 6. The highest BCUT2D eigenvalue weighted by Gasteiger charge is 2.18. The number of phenolic OH excluding ortho intramolecular Hbond substituents is 2. The number of aromatic carboxylic acids is 2. The molecule has 0 unspecified atom stereocenters. The Labute approximate surface area is 720 Å². The minimum Gasteiger partial charge on any atom is -0.504 e. The number of carboxylic acid groups (broad SMARTS) is 2. The van der Waals surface area contributed by atoms with Crippen LogP contribution in [-0.4, -0.2) is 264 Å². The van der Waals surface area contributed by atoms with Gasteiger partial charge in [0.05, 0.1) is 144 Å². The van der Waals surface area contributed by atoms with Crippen molar-refractivity contribution in [1.29, 1.82) is 0 Å². The van der Waals surface area contributed by atoms with E-state index in [1.54, 1.807) is 94.5 Å². The zero-order valence-corrected chi connectivity index (χ0v) is 71.8. The fourth-order valence-electron chi connectivity index (χ4n) is 8.93. The lowest BCUT2D eigenvalue weighted by molar-refractivity contribution is -0.143. The van der Waals surface area contributed by atoms with Crippen LogP contribution in [0.1, 0.15) is 133 Å². The van der Waals surface area contributed by atoms with Crippen LogP contribution in [-0.2, 0) is 33.3 Å². The van der Waals surface area contributed by atoms with Crippen LogP contribution in [0.15, 0.2) is 139 Å². The number of esters is 4.